The van der Waals surface area contributed by atoms with Gasteiger partial charge >= 0.3 is 0 Å². The van der Waals surface area contributed by atoms with Gasteiger partial charge in [0.15, 0.2) is 0 Å². The van der Waals surface area contributed by atoms with Crippen molar-refractivity contribution in [3.8, 4) is 0 Å². The third-order valence-electron chi connectivity index (χ3n) is 2.72. The summed E-state index contributed by atoms with van der Waals surface area (Å²) in [5.41, 5.74) is -0.224. The van der Waals surface area contributed by atoms with Gasteiger partial charge in [0, 0.05) is 33.1 Å². The fourth-order valence-corrected chi connectivity index (χ4v) is 1.80. The first-order valence-corrected chi connectivity index (χ1v) is 6.22. The lowest BCUT2D eigenvalue weighted by atomic mass is 10.0. The van der Waals surface area contributed by atoms with E-state index < -0.39 is 5.60 Å². The molecule has 102 valence electrons. The number of hydrogen-bond acceptors (Lipinski definition) is 4. The highest BCUT2D eigenvalue weighted by atomic mass is 16.5. The van der Waals surface area contributed by atoms with Crippen LogP contribution in [0.15, 0.2) is 12.3 Å². The highest BCUT2D eigenvalue weighted by Crippen LogP contribution is 2.17. The fraction of sp³-hybridized carbons (Fsp3) is 0.692. The predicted octanol–water partition coefficient (Wildman–Crippen LogP) is 1.92. The third-order valence-corrected chi connectivity index (χ3v) is 2.72. The van der Waals surface area contributed by atoms with Crippen LogP contribution in [0.3, 0.4) is 0 Å². The Morgan fingerprint density at radius 3 is 2.83 bits per heavy atom. The molecule has 0 aliphatic heterocycles. The standard InChI is InChI=1S/C13H22N2O3/c1-5-18-13(2,3)12(16)11-7-8-14-15(11)9-6-10-17-4/h7-8H,5-6,9-10H2,1-4H3. The highest BCUT2D eigenvalue weighted by molar-refractivity contribution is 6.00. The van der Waals surface area contributed by atoms with Crippen LogP contribution in [0.4, 0.5) is 0 Å². The second kappa shape index (κ2) is 6.66. The van der Waals surface area contributed by atoms with Crippen molar-refractivity contribution in [2.45, 2.75) is 39.3 Å². The highest BCUT2D eigenvalue weighted by Gasteiger charge is 2.31. The quantitative estimate of drug-likeness (QED) is 0.525. The van der Waals surface area contributed by atoms with Gasteiger partial charge in [-0.05, 0) is 33.3 Å². The van der Waals surface area contributed by atoms with Gasteiger partial charge in [-0.2, -0.15) is 5.10 Å². The Hall–Kier alpha value is -1.20. The van der Waals surface area contributed by atoms with Crippen LogP contribution in [-0.2, 0) is 16.0 Å². The first kappa shape index (κ1) is 14.9. The number of rotatable bonds is 8. The van der Waals surface area contributed by atoms with E-state index in [0.717, 1.165) is 6.42 Å². The number of ketones is 1. The van der Waals surface area contributed by atoms with E-state index in [4.69, 9.17) is 9.47 Å². The lowest BCUT2D eigenvalue weighted by Gasteiger charge is -2.23. The molecule has 0 saturated carbocycles. The second-order valence-corrected chi connectivity index (χ2v) is 4.56. The van der Waals surface area contributed by atoms with Gasteiger partial charge < -0.3 is 9.47 Å². The van der Waals surface area contributed by atoms with E-state index in [2.05, 4.69) is 5.10 Å². The molecule has 1 rings (SSSR count). The van der Waals surface area contributed by atoms with Crippen molar-refractivity contribution in [3.05, 3.63) is 18.0 Å². The van der Waals surface area contributed by atoms with Crippen LogP contribution in [0.2, 0.25) is 0 Å². The van der Waals surface area contributed by atoms with Gasteiger partial charge in [0.2, 0.25) is 5.78 Å². The van der Waals surface area contributed by atoms with Gasteiger partial charge in [-0.25, -0.2) is 0 Å². The van der Waals surface area contributed by atoms with Gasteiger partial charge in [0.1, 0.15) is 11.3 Å². The van der Waals surface area contributed by atoms with Crippen molar-refractivity contribution in [1.29, 1.82) is 0 Å². The van der Waals surface area contributed by atoms with E-state index in [0.29, 0.717) is 25.5 Å². The maximum atomic E-state index is 12.4. The maximum absolute atomic E-state index is 12.4. The van der Waals surface area contributed by atoms with E-state index in [1.807, 2.05) is 6.92 Å². The number of hydrogen-bond donors (Lipinski definition) is 0. The first-order chi connectivity index (χ1) is 8.53. The van der Waals surface area contributed by atoms with Crippen molar-refractivity contribution in [1.82, 2.24) is 9.78 Å². The average Bonchev–Trinajstić information content (AvgIpc) is 2.76. The SMILES string of the molecule is CCOC(C)(C)C(=O)c1ccnn1CCCOC. The molecule has 0 amide bonds. The topological polar surface area (TPSA) is 53.3 Å². The summed E-state index contributed by atoms with van der Waals surface area (Å²) >= 11 is 0. The molecular weight excluding hydrogens is 232 g/mol. The zero-order chi connectivity index (χ0) is 13.6. The molecule has 1 aromatic heterocycles. The maximum Gasteiger partial charge on any atom is 0.211 e. The Kier molecular flexibility index (Phi) is 5.50. The Labute approximate surface area is 108 Å². The second-order valence-electron chi connectivity index (χ2n) is 4.56. The van der Waals surface area contributed by atoms with Crippen molar-refractivity contribution in [2.75, 3.05) is 20.3 Å². The molecule has 0 N–H and O–H groups in total. The number of carbonyl (C=O) groups is 1. The molecule has 0 radical (unpaired) electrons. The van der Waals surface area contributed by atoms with Crippen molar-refractivity contribution in [2.24, 2.45) is 0 Å². The fourth-order valence-electron chi connectivity index (χ4n) is 1.80. The van der Waals surface area contributed by atoms with E-state index in [1.165, 1.54) is 0 Å². The minimum Gasteiger partial charge on any atom is -0.385 e. The average molecular weight is 254 g/mol. The van der Waals surface area contributed by atoms with Gasteiger partial charge in [0.25, 0.3) is 0 Å². The summed E-state index contributed by atoms with van der Waals surface area (Å²) in [6.07, 6.45) is 2.47. The molecule has 0 aliphatic carbocycles. The summed E-state index contributed by atoms with van der Waals surface area (Å²) in [4.78, 5) is 12.4. The van der Waals surface area contributed by atoms with E-state index in [9.17, 15) is 4.79 Å². The Morgan fingerprint density at radius 1 is 1.50 bits per heavy atom. The summed E-state index contributed by atoms with van der Waals surface area (Å²) in [6, 6.07) is 1.73. The number of aryl methyl sites for hydroxylation is 1. The minimum absolute atomic E-state index is 0.0423. The van der Waals surface area contributed by atoms with Crippen LogP contribution >= 0.6 is 0 Å². The molecule has 0 unspecified atom stereocenters. The van der Waals surface area contributed by atoms with Crippen LogP contribution in [0.1, 0.15) is 37.7 Å². The summed E-state index contributed by atoms with van der Waals surface area (Å²) in [7, 11) is 1.66. The summed E-state index contributed by atoms with van der Waals surface area (Å²) in [6.45, 7) is 7.28. The van der Waals surface area contributed by atoms with E-state index in [-0.39, 0.29) is 5.78 Å². The number of carbonyl (C=O) groups excluding carboxylic acids is 1. The normalized spacial score (nSPS) is 11.8. The molecule has 0 aliphatic rings. The molecule has 18 heavy (non-hydrogen) atoms. The molecule has 0 bridgehead atoms. The van der Waals surface area contributed by atoms with E-state index >= 15 is 0 Å². The van der Waals surface area contributed by atoms with Gasteiger partial charge in [0.05, 0.1) is 0 Å². The van der Waals surface area contributed by atoms with Crippen molar-refractivity contribution >= 4 is 5.78 Å². The minimum atomic E-state index is -0.812. The zero-order valence-electron chi connectivity index (χ0n) is 11.6. The number of ether oxygens (including phenoxy) is 2. The summed E-state index contributed by atoms with van der Waals surface area (Å²) in [5.74, 6) is -0.0423. The Morgan fingerprint density at radius 2 is 2.22 bits per heavy atom. The van der Waals surface area contributed by atoms with Gasteiger partial charge in [-0.15, -0.1) is 0 Å². The van der Waals surface area contributed by atoms with Crippen LogP contribution in [0.25, 0.3) is 0 Å². The largest absolute Gasteiger partial charge is 0.385 e. The number of Topliss-reactive ketones (excluding diaryl/α,β-unsaturated/α-hetero) is 1. The predicted molar refractivity (Wildman–Crippen MR) is 68.8 cm³/mol. The Balaban J connectivity index is 2.77. The molecule has 0 fully saturated rings. The first-order valence-electron chi connectivity index (χ1n) is 6.22. The van der Waals surface area contributed by atoms with Crippen LogP contribution in [0.5, 0.6) is 0 Å². The lowest BCUT2D eigenvalue weighted by molar-refractivity contribution is 0.000426. The lowest BCUT2D eigenvalue weighted by Crippen LogP contribution is -2.36. The summed E-state index contributed by atoms with van der Waals surface area (Å²) < 4.78 is 12.2. The van der Waals surface area contributed by atoms with Crippen molar-refractivity contribution in [3.63, 3.8) is 0 Å². The third kappa shape index (κ3) is 3.65. The Bertz CT molecular complexity index is 385. The molecule has 0 aromatic carbocycles. The van der Waals surface area contributed by atoms with Gasteiger partial charge in [-0.1, -0.05) is 0 Å². The smallest absolute Gasteiger partial charge is 0.211 e. The molecule has 0 atom stereocenters. The van der Waals surface area contributed by atoms with Crippen LogP contribution in [-0.4, -0.2) is 41.5 Å². The van der Waals surface area contributed by atoms with Crippen molar-refractivity contribution < 1.29 is 14.3 Å². The van der Waals surface area contributed by atoms with E-state index in [1.54, 1.807) is 37.9 Å². The van der Waals surface area contributed by atoms with Gasteiger partial charge in [-0.3, -0.25) is 9.48 Å². The number of nitrogens with zero attached hydrogens (tertiary/aromatic N) is 2. The molecule has 1 aromatic rings. The van der Waals surface area contributed by atoms with Crippen LogP contribution in [0, 0.1) is 0 Å². The summed E-state index contributed by atoms with van der Waals surface area (Å²) in [5, 5.41) is 4.17. The van der Waals surface area contributed by atoms with Crippen LogP contribution < -0.4 is 0 Å². The molecule has 5 nitrogen and oxygen atoms in total. The molecule has 0 saturated heterocycles. The zero-order valence-corrected chi connectivity index (χ0v) is 11.6. The molecule has 0 spiro atoms. The number of aromatic nitrogens is 2. The monoisotopic (exact) mass is 254 g/mol. The molecule has 1 heterocycles. The molecule has 5 heteroatoms. The number of methoxy groups -OCH3 is 1. The molecular formula is C13H22N2O3.